The van der Waals surface area contributed by atoms with Crippen molar-refractivity contribution in [3.63, 3.8) is 0 Å². The summed E-state index contributed by atoms with van der Waals surface area (Å²) in [4.78, 5) is 12.1. The van der Waals surface area contributed by atoms with Crippen molar-refractivity contribution in [2.75, 3.05) is 5.73 Å². The maximum Gasteiger partial charge on any atom is 0.313 e. The second-order valence-corrected chi connectivity index (χ2v) is 5.17. The zero-order valence-corrected chi connectivity index (χ0v) is 12.5. The molecule has 0 heterocycles. The van der Waals surface area contributed by atoms with E-state index in [9.17, 15) is 4.79 Å². The van der Waals surface area contributed by atoms with Crippen LogP contribution in [0.15, 0.2) is 48.5 Å². The number of rotatable bonds is 5. The van der Waals surface area contributed by atoms with Crippen LogP contribution in [0.2, 0.25) is 0 Å². The van der Waals surface area contributed by atoms with Crippen LogP contribution in [0.3, 0.4) is 0 Å². The van der Waals surface area contributed by atoms with Crippen LogP contribution in [0.25, 0.3) is 0 Å². The first-order chi connectivity index (χ1) is 10.1. The highest BCUT2D eigenvalue weighted by atomic mass is 16.5. The molecule has 2 aromatic rings. The molecule has 1 atom stereocenters. The highest BCUT2D eigenvalue weighted by Crippen LogP contribution is 2.19. The van der Waals surface area contributed by atoms with Crippen LogP contribution in [-0.2, 0) is 22.6 Å². The van der Waals surface area contributed by atoms with E-state index in [2.05, 4.69) is 19.1 Å². The smallest absolute Gasteiger partial charge is 0.313 e. The molecule has 0 fully saturated rings. The van der Waals surface area contributed by atoms with E-state index in [1.807, 2.05) is 37.3 Å². The van der Waals surface area contributed by atoms with E-state index in [4.69, 9.17) is 10.5 Å². The third kappa shape index (κ3) is 4.09. The van der Waals surface area contributed by atoms with Crippen LogP contribution in [0.5, 0.6) is 0 Å². The number of hydrogen-bond donors (Lipinski definition) is 1. The molecular formula is C18H21NO2. The second kappa shape index (κ2) is 6.93. The van der Waals surface area contributed by atoms with Gasteiger partial charge in [-0.1, -0.05) is 43.3 Å². The van der Waals surface area contributed by atoms with Crippen molar-refractivity contribution in [2.24, 2.45) is 0 Å². The number of ether oxygens (including phenoxy) is 1. The van der Waals surface area contributed by atoms with Crippen molar-refractivity contribution in [3.8, 4) is 0 Å². The van der Waals surface area contributed by atoms with Gasteiger partial charge in [-0.15, -0.1) is 0 Å². The molecule has 0 aliphatic heterocycles. The van der Waals surface area contributed by atoms with Gasteiger partial charge in [-0.25, -0.2) is 0 Å². The average molecular weight is 283 g/mol. The quantitative estimate of drug-likeness (QED) is 0.672. The van der Waals surface area contributed by atoms with Crippen LogP contribution in [-0.4, -0.2) is 5.97 Å². The summed E-state index contributed by atoms with van der Waals surface area (Å²) in [6, 6.07) is 15.5. The van der Waals surface area contributed by atoms with E-state index in [-0.39, 0.29) is 11.9 Å². The lowest BCUT2D eigenvalue weighted by atomic mass is 10.0. The van der Waals surface area contributed by atoms with Gasteiger partial charge in [0.1, 0.15) is 6.61 Å². The van der Waals surface area contributed by atoms with Gasteiger partial charge >= 0.3 is 5.97 Å². The van der Waals surface area contributed by atoms with E-state index >= 15 is 0 Å². The minimum absolute atomic E-state index is 0.236. The number of esters is 1. The highest BCUT2D eigenvalue weighted by Gasteiger charge is 2.16. The Labute approximate surface area is 125 Å². The molecule has 0 spiro atoms. The van der Waals surface area contributed by atoms with Crippen LogP contribution < -0.4 is 5.73 Å². The van der Waals surface area contributed by atoms with Crippen LogP contribution in [0, 0.1) is 0 Å². The summed E-state index contributed by atoms with van der Waals surface area (Å²) in [5.41, 5.74) is 9.54. The number of nitrogens with two attached hydrogens (primary N) is 1. The molecule has 0 aromatic heterocycles. The van der Waals surface area contributed by atoms with Gasteiger partial charge in [-0.05, 0) is 42.2 Å². The Hall–Kier alpha value is -2.29. The minimum atomic E-state index is -0.316. The van der Waals surface area contributed by atoms with Crippen molar-refractivity contribution in [2.45, 2.75) is 32.8 Å². The van der Waals surface area contributed by atoms with E-state index in [0.29, 0.717) is 12.3 Å². The largest absolute Gasteiger partial charge is 0.460 e. The maximum absolute atomic E-state index is 12.1. The van der Waals surface area contributed by atoms with Crippen molar-refractivity contribution >= 4 is 11.7 Å². The summed E-state index contributed by atoms with van der Waals surface area (Å²) >= 11 is 0. The average Bonchev–Trinajstić information content (AvgIpc) is 2.52. The number of carbonyl (C=O) groups excluding carboxylic acids is 1. The third-order valence-corrected chi connectivity index (χ3v) is 3.58. The van der Waals surface area contributed by atoms with Gasteiger partial charge in [0.05, 0.1) is 5.92 Å². The Bertz CT molecular complexity index is 605. The predicted molar refractivity (Wildman–Crippen MR) is 84.9 cm³/mol. The molecule has 2 aromatic carbocycles. The van der Waals surface area contributed by atoms with Crippen LogP contribution in [0.1, 0.15) is 36.5 Å². The highest BCUT2D eigenvalue weighted by molar-refractivity contribution is 5.78. The fourth-order valence-electron chi connectivity index (χ4n) is 2.12. The lowest BCUT2D eigenvalue weighted by Gasteiger charge is -2.12. The predicted octanol–water partition coefficient (Wildman–Crippen LogP) is 3.68. The number of carbonyl (C=O) groups is 1. The molecule has 0 aliphatic carbocycles. The molecule has 21 heavy (non-hydrogen) atoms. The SMILES string of the molecule is CCc1ccc(COC(=O)C(C)c2cccc(N)c2)cc1. The fraction of sp³-hybridized carbons (Fsp3) is 0.278. The Morgan fingerprint density at radius 1 is 1.14 bits per heavy atom. The first-order valence-electron chi connectivity index (χ1n) is 7.20. The normalized spacial score (nSPS) is 11.9. The summed E-state index contributed by atoms with van der Waals surface area (Å²) in [5.74, 6) is -0.552. The number of anilines is 1. The molecule has 0 aliphatic rings. The standard InChI is InChI=1S/C18H21NO2/c1-3-14-7-9-15(10-8-14)12-21-18(20)13(2)16-5-4-6-17(19)11-16/h4-11,13H,3,12,19H2,1-2H3. The fourth-order valence-corrected chi connectivity index (χ4v) is 2.12. The summed E-state index contributed by atoms with van der Waals surface area (Å²) in [5, 5.41) is 0. The van der Waals surface area contributed by atoms with E-state index in [1.54, 1.807) is 6.07 Å². The summed E-state index contributed by atoms with van der Waals surface area (Å²) in [7, 11) is 0. The Balaban J connectivity index is 1.94. The van der Waals surface area contributed by atoms with E-state index < -0.39 is 0 Å². The van der Waals surface area contributed by atoms with Gasteiger partial charge in [-0.2, -0.15) is 0 Å². The van der Waals surface area contributed by atoms with Gasteiger partial charge in [-0.3, -0.25) is 4.79 Å². The molecule has 0 amide bonds. The Morgan fingerprint density at radius 3 is 2.43 bits per heavy atom. The first kappa shape index (κ1) is 15.1. The Morgan fingerprint density at radius 2 is 1.81 bits per heavy atom. The molecule has 0 saturated heterocycles. The number of nitrogen functional groups attached to an aromatic ring is 1. The van der Waals surface area contributed by atoms with Gasteiger partial charge in [0.25, 0.3) is 0 Å². The second-order valence-electron chi connectivity index (χ2n) is 5.17. The van der Waals surface area contributed by atoms with Crippen LogP contribution in [0.4, 0.5) is 5.69 Å². The van der Waals surface area contributed by atoms with E-state index in [1.165, 1.54) is 5.56 Å². The summed E-state index contributed by atoms with van der Waals surface area (Å²) in [6.45, 7) is 4.25. The van der Waals surface area contributed by atoms with Crippen molar-refractivity contribution in [1.82, 2.24) is 0 Å². The molecule has 0 saturated carbocycles. The number of aryl methyl sites for hydroxylation is 1. The zero-order chi connectivity index (χ0) is 15.2. The molecule has 1 unspecified atom stereocenters. The molecule has 2 rings (SSSR count). The molecule has 2 N–H and O–H groups in total. The first-order valence-corrected chi connectivity index (χ1v) is 7.20. The maximum atomic E-state index is 12.1. The molecule has 110 valence electrons. The molecule has 0 radical (unpaired) electrons. The van der Waals surface area contributed by atoms with E-state index in [0.717, 1.165) is 17.5 Å². The lowest BCUT2D eigenvalue weighted by molar-refractivity contribution is -0.146. The number of benzene rings is 2. The minimum Gasteiger partial charge on any atom is -0.460 e. The van der Waals surface area contributed by atoms with Crippen LogP contribution >= 0.6 is 0 Å². The zero-order valence-electron chi connectivity index (χ0n) is 12.5. The van der Waals surface area contributed by atoms with Gasteiger partial charge in [0, 0.05) is 5.69 Å². The van der Waals surface area contributed by atoms with Gasteiger partial charge < -0.3 is 10.5 Å². The summed E-state index contributed by atoms with van der Waals surface area (Å²) in [6.07, 6.45) is 1.01. The van der Waals surface area contributed by atoms with Gasteiger partial charge in [0.15, 0.2) is 0 Å². The molecular weight excluding hydrogens is 262 g/mol. The summed E-state index contributed by atoms with van der Waals surface area (Å²) < 4.78 is 5.38. The lowest BCUT2D eigenvalue weighted by Crippen LogP contribution is -2.13. The van der Waals surface area contributed by atoms with Crippen molar-refractivity contribution in [1.29, 1.82) is 0 Å². The molecule has 0 bridgehead atoms. The number of hydrogen-bond acceptors (Lipinski definition) is 3. The van der Waals surface area contributed by atoms with Crippen molar-refractivity contribution < 1.29 is 9.53 Å². The van der Waals surface area contributed by atoms with Crippen molar-refractivity contribution in [3.05, 3.63) is 65.2 Å². The monoisotopic (exact) mass is 283 g/mol. The van der Waals surface area contributed by atoms with Gasteiger partial charge in [0.2, 0.25) is 0 Å². The third-order valence-electron chi connectivity index (χ3n) is 3.58. The topological polar surface area (TPSA) is 52.3 Å². The molecule has 3 nitrogen and oxygen atoms in total. The molecule has 3 heteroatoms. The Kier molecular flexibility index (Phi) is 4.99.